The lowest BCUT2D eigenvalue weighted by molar-refractivity contribution is 0.193. The minimum absolute atomic E-state index is 0.0473. The van der Waals surface area contributed by atoms with E-state index in [-0.39, 0.29) is 12.1 Å². The molecule has 128 valence electrons. The Balaban J connectivity index is 1.93. The van der Waals surface area contributed by atoms with Crippen LogP contribution >= 0.6 is 0 Å². The lowest BCUT2D eigenvalue weighted by atomic mass is 10.1. The van der Waals surface area contributed by atoms with Gasteiger partial charge >= 0.3 is 6.03 Å². The Kier molecular flexibility index (Phi) is 6.18. The largest absolute Gasteiger partial charge is 0.496 e. The number of pyridine rings is 1. The summed E-state index contributed by atoms with van der Waals surface area (Å²) in [6.07, 6.45) is 2.47. The Labute approximate surface area is 143 Å². The van der Waals surface area contributed by atoms with E-state index < -0.39 is 0 Å². The number of amides is 2. The maximum atomic E-state index is 12.4. The molecule has 5 nitrogen and oxygen atoms in total. The van der Waals surface area contributed by atoms with E-state index in [1.165, 1.54) is 0 Å². The van der Waals surface area contributed by atoms with E-state index in [0.717, 1.165) is 29.0 Å². The monoisotopic (exact) mass is 327 g/mol. The van der Waals surface area contributed by atoms with Crippen LogP contribution in [-0.2, 0) is 13.0 Å². The number of urea groups is 1. The minimum Gasteiger partial charge on any atom is -0.496 e. The number of methoxy groups -OCH3 is 1. The van der Waals surface area contributed by atoms with Crippen molar-refractivity contribution in [1.82, 2.24) is 15.2 Å². The maximum Gasteiger partial charge on any atom is 0.317 e. The predicted molar refractivity (Wildman–Crippen MR) is 95.1 cm³/mol. The molecule has 0 spiro atoms. The highest BCUT2D eigenvalue weighted by atomic mass is 16.5. The number of aryl methyl sites for hydroxylation is 1. The summed E-state index contributed by atoms with van der Waals surface area (Å²) in [5, 5.41) is 2.93. The highest BCUT2D eigenvalue weighted by Crippen LogP contribution is 2.20. The smallest absolute Gasteiger partial charge is 0.317 e. The Hall–Kier alpha value is -2.56. The van der Waals surface area contributed by atoms with Crippen molar-refractivity contribution in [2.75, 3.05) is 14.2 Å². The normalized spacial score (nSPS) is 11.7. The van der Waals surface area contributed by atoms with Crippen molar-refractivity contribution in [2.24, 2.45) is 0 Å². The summed E-state index contributed by atoms with van der Waals surface area (Å²) in [4.78, 5) is 18.4. The summed E-state index contributed by atoms with van der Waals surface area (Å²) in [6.45, 7) is 4.44. The number of carbonyl (C=O) groups is 1. The van der Waals surface area contributed by atoms with Crippen LogP contribution in [0.1, 0.15) is 23.7 Å². The third-order valence-corrected chi connectivity index (χ3v) is 4.21. The van der Waals surface area contributed by atoms with E-state index in [1.807, 2.05) is 50.2 Å². The van der Waals surface area contributed by atoms with Gasteiger partial charge in [-0.3, -0.25) is 4.98 Å². The molecule has 0 aliphatic carbocycles. The van der Waals surface area contributed by atoms with Crippen LogP contribution in [-0.4, -0.2) is 36.1 Å². The Morgan fingerprint density at radius 2 is 2.04 bits per heavy atom. The zero-order valence-electron chi connectivity index (χ0n) is 14.7. The molecule has 1 atom stereocenters. The van der Waals surface area contributed by atoms with Gasteiger partial charge in [-0.1, -0.05) is 24.3 Å². The van der Waals surface area contributed by atoms with Crippen molar-refractivity contribution in [3.8, 4) is 5.75 Å². The lowest BCUT2D eigenvalue weighted by Gasteiger charge is -2.26. The van der Waals surface area contributed by atoms with Crippen LogP contribution in [0.5, 0.6) is 5.75 Å². The van der Waals surface area contributed by atoms with Gasteiger partial charge in [0.05, 0.1) is 19.3 Å². The molecule has 0 aliphatic heterocycles. The fourth-order valence-corrected chi connectivity index (χ4v) is 2.51. The Morgan fingerprint density at radius 3 is 2.75 bits per heavy atom. The van der Waals surface area contributed by atoms with Gasteiger partial charge in [-0.15, -0.1) is 0 Å². The molecule has 0 saturated heterocycles. The number of ether oxygens (including phenoxy) is 1. The number of nitrogens with zero attached hydrogens (tertiary/aromatic N) is 2. The zero-order chi connectivity index (χ0) is 17.5. The molecule has 2 rings (SSSR count). The number of hydrogen-bond acceptors (Lipinski definition) is 3. The second-order valence-corrected chi connectivity index (χ2v) is 5.90. The third kappa shape index (κ3) is 4.47. The first-order valence-corrected chi connectivity index (χ1v) is 8.06. The first-order valence-electron chi connectivity index (χ1n) is 8.06. The van der Waals surface area contributed by atoms with Crippen LogP contribution < -0.4 is 10.1 Å². The SMILES string of the molecule is COc1ccccc1C[C@@H](C)N(C)C(=O)NCc1ncccc1C. The van der Waals surface area contributed by atoms with Gasteiger partial charge in [-0.2, -0.15) is 0 Å². The van der Waals surface area contributed by atoms with Gasteiger partial charge in [-0.05, 0) is 43.5 Å². The standard InChI is InChI=1S/C19H25N3O2/c1-14-8-7-11-20-17(14)13-21-19(23)22(3)15(2)12-16-9-5-6-10-18(16)24-4/h5-11,15H,12-13H2,1-4H3,(H,21,23)/t15-/m1/s1. The molecule has 2 aromatic rings. The number of hydrogen-bond donors (Lipinski definition) is 1. The average molecular weight is 327 g/mol. The summed E-state index contributed by atoms with van der Waals surface area (Å²) in [5.74, 6) is 0.849. The second-order valence-electron chi connectivity index (χ2n) is 5.90. The lowest BCUT2D eigenvalue weighted by Crippen LogP contribution is -2.43. The molecule has 0 bridgehead atoms. The van der Waals surface area contributed by atoms with Gasteiger partial charge < -0.3 is 15.0 Å². The molecule has 1 aromatic heterocycles. The average Bonchev–Trinajstić information content (AvgIpc) is 2.60. The van der Waals surface area contributed by atoms with Crippen molar-refractivity contribution in [1.29, 1.82) is 0 Å². The number of para-hydroxylation sites is 1. The number of benzene rings is 1. The number of rotatable bonds is 6. The van der Waals surface area contributed by atoms with E-state index in [4.69, 9.17) is 4.74 Å². The second kappa shape index (κ2) is 8.34. The van der Waals surface area contributed by atoms with Gasteiger partial charge in [0.1, 0.15) is 5.75 Å². The molecule has 0 aliphatic rings. The fourth-order valence-electron chi connectivity index (χ4n) is 2.51. The molecule has 1 heterocycles. The van der Waals surface area contributed by atoms with Crippen molar-refractivity contribution in [2.45, 2.75) is 32.9 Å². The highest BCUT2D eigenvalue weighted by molar-refractivity contribution is 5.74. The van der Waals surface area contributed by atoms with Crippen molar-refractivity contribution < 1.29 is 9.53 Å². The summed E-state index contributed by atoms with van der Waals surface area (Å²) >= 11 is 0. The Morgan fingerprint density at radius 1 is 1.29 bits per heavy atom. The van der Waals surface area contributed by atoms with Crippen molar-refractivity contribution in [3.05, 3.63) is 59.4 Å². The van der Waals surface area contributed by atoms with E-state index in [0.29, 0.717) is 6.54 Å². The predicted octanol–water partition coefficient (Wildman–Crippen LogP) is 3.17. The van der Waals surface area contributed by atoms with Gasteiger partial charge in [0.2, 0.25) is 0 Å². The molecule has 5 heteroatoms. The van der Waals surface area contributed by atoms with Crippen molar-refractivity contribution >= 4 is 6.03 Å². The first-order chi connectivity index (χ1) is 11.5. The molecule has 1 N–H and O–H groups in total. The molecule has 2 amide bonds. The minimum atomic E-state index is -0.109. The highest BCUT2D eigenvalue weighted by Gasteiger charge is 2.17. The fraction of sp³-hybridized carbons (Fsp3) is 0.368. The first kappa shape index (κ1) is 17.8. The molecule has 0 fully saturated rings. The summed E-state index contributed by atoms with van der Waals surface area (Å²) in [6, 6.07) is 11.7. The van der Waals surface area contributed by atoms with E-state index in [1.54, 1.807) is 25.3 Å². The molecule has 0 radical (unpaired) electrons. The molecule has 0 unspecified atom stereocenters. The molecular formula is C19H25N3O2. The Bertz CT molecular complexity index is 688. The number of nitrogens with one attached hydrogen (secondary N) is 1. The van der Waals surface area contributed by atoms with Gasteiger partial charge in [0.25, 0.3) is 0 Å². The van der Waals surface area contributed by atoms with Gasteiger partial charge in [-0.25, -0.2) is 4.79 Å². The van der Waals surface area contributed by atoms with E-state index in [9.17, 15) is 4.79 Å². The van der Waals surface area contributed by atoms with Crippen LogP contribution in [0.4, 0.5) is 4.79 Å². The quantitative estimate of drug-likeness (QED) is 0.886. The van der Waals surface area contributed by atoms with Gasteiger partial charge in [0.15, 0.2) is 0 Å². The van der Waals surface area contributed by atoms with Crippen LogP contribution in [0, 0.1) is 6.92 Å². The van der Waals surface area contributed by atoms with Crippen LogP contribution in [0.25, 0.3) is 0 Å². The zero-order valence-corrected chi connectivity index (χ0v) is 14.7. The molecular weight excluding hydrogens is 302 g/mol. The molecule has 0 saturated carbocycles. The van der Waals surface area contributed by atoms with E-state index in [2.05, 4.69) is 10.3 Å². The van der Waals surface area contributed by atoms with Crippen LogP contribution in [0.3, 0.4) is 0 Å². The molecule has 24 heavy (non-hydrogen) atoms. The summed E-state index contributed by atoms with van der Waals surface area (Å²) < 4.78 is 5.38. The topological polar surface area (TPSA) is 54.5 Å². The summed E-state index contributed by atoms with van der Waals surface area (Å²) in [7, 11) is 3.47. The van der Waals surface area contributed by atoms with Crippen LogP contribution in [0.2, 0.25) is 0 Å². The van der Waals surface area contributed by atoms with E-state index >= 15 is 0 Å². The molecule has 1 aromatic carbocycles. The maximum absolute atomic E-state index is 12.4. The third-order valence-electron chi connectivity index (χ3n) is 4.21. The number of likely N-dealkylation sites (N-methyl/N-ethyl adjacent to an activating group) is 1. The van der Waals surface area contributed by atoms with Crippen LogP contribution in [0.15, 0.2) is 42.6 Å². The van der Waals surface area contributed by atoms with Gasteiger partial charge in [0, 0.05) is 19.3 Å². The summed E-state index contributed by atoms with van der Waals surface area (Å²) in [5.41, 5.74) is 3.05. The number of aromatic nitrogens is 1. The number of carbonyl (C=O) groups excluding carboxylic acids is 1. The van der Waals surface area contributed by atoms with Crippen molar-refractivity contribution in [3.63, 3.8) is 0 Å².